The molecule has 2 aliphatic rings. The molecule has 1 aliphatic heterocycles. The van der Waals surface area contributed by atoms with Crippen molar-refractivity contribution in [2.45, 2.75) is 31.9 Å². The van der Waals surface area contributed by atoms with E-state index in [1.54, 1.807) is 0 Å². The van der Waals surface area contributed by atoms with Gasteiger partial charge in [-0.2, -0.15) is 13.2 Å². The molecule has 1 heterocycles. The van der Waals surface area contributed by atoms with E-state index in [0.29, 0.717) is 18.4 Å². The lowest BCUT2D eigenvalue weighted by atomic mass is 9.74. The number of alkyl halides is 3. The van der Waals surface area contributed by atoms with Gasteiger partial charge in [-0.15, -0.1) is 0 Å². The largest absolute Gasteiger partial charge is 0.479 e. The van der Waals surface area contributed by atoms with Gasteiger partial charge in [0.2, 0.25) is 0 Å². The molecule has 2 fully saturated rings. The maximum Gasteiger partial charge on any atom is 0.433 e. The van der Waals surface area contributed by atoms with Gasteiger partial charge in [-0.3, -0.25) is 4.99 Å². The highest BCUT2D eigenvalue weighted by atomic mass is 19.4. The lowest BCUT2D eigenvalue weighted by Gasteiger charge is -2.38. The summed E-state index contributed by atoms with van der Waals surface area (Å²) in [6, 6.07) is 0. The van der Waals surface area contributed by atoms with Crippen molar-refractivity contribution < 1.29 is 17.9 Å². The number of aliphatic imine (C=N–C) groups is 1. The number of rotatable bonds is 6. The van der Waals surface area contributed by atoms with Gasteiger partial charge in [0.25, 0.3) is 0 Å². The van der Waals surface area contributed by atoms with E-state index < -0.39 is 11.9 Å². The minimum atomic E-state index is -4.50. The molecular formula is C15H24F3N3O. The van der Waals surface area contributed by atoms with Gasteiger partial charge in [0.05, 0.1) is 6.61 Å². The van der Waals surface area contributed by atoms with Crippen molar-refractivity contribution in [2.24, 2.45) is 22.6 Å². The normalized spacial score (nSPS) is 27.8. The first-order valence-electron chi connectivity index (χ1n) is 7.76. The first kappa shape index (κ1) is 17.1. The second-order valence-electron chi connectivity index (χ2n) is 6.07. The monoisotopic (exact) mass is 319 g/mol. The summed E-state index contributed by atoms with van der Waals surface area (Å²) in [6.45, 7) is 3.78. The first-order valence-corrected chi connectivity index (χ1v) is 7.76. The summed E-state index contributed by atoms with van der Waals surface area (Å²) in [6.07, 6.45) is 1.00. The van der Waals surface area contributed by atoms with E-state index >= 15 is 0 Å². The van der Waals surface area contributed by atoms with E-state index in [4.69, 9.17) is 10.5 Å². The second kappa shape index (κ2) is 7.35. The number of hydrogen-bond acceptors (Lipinski definition) is 4. The second-order valence-corrected chi connectivity index (χ2v) is 6.07. The molecule has 2 rings (SSSR count). The van der Waals surface area contributed by atoms with Crippen LogP contribution in [0.5, 0.6) is 0 Å². The lowest BCUT2D eigenvalue weighted by Crippen LogP contribution is -2.39. The maximum absolute atomic E-state index is 12.6. The third-order valence-corrected chi connectivity index (χ3v) is 4.54. The summed E-state index contributed by atoms with van der Waals surface area (Å²) in [4.78, 5) is 5.65. The van der Waals surface area contributed by atoms with Crippen LogP contribution in [0.2, 0.25) is 0 Å². The molecule has 0 radical (unpaired) electrons. The summed E-state index contributed by atoms with van der Waals surface area (Å²) < 4.78 is 43.0. The molecule has 2 atom stereocenters. The van der Waals surface area contributed by atoms with E-state index in [0.717, 1.165) is 39.2 Å². The van der Waals surface area contributed by atoms with E-state index in [1.165, 1.54) is 19.3 Å². The van der Waals surface area contributed by atoms with Crippen molar-refractivity contribution in [2.75, 3.05) is 33.3 Å². The molecule has 1 saturated carbocycles. The van der Waals surface area contributed by atoms with Crippen LogP contribution in [0.15, 0.2) is 17.0 Å². The van der Waals surface area contributed by atoms with Crippen LogP contribution in [0.1, 0.15) is 25.7 Å². The Morgan fingerprint density at radius 3 is 2.41 bits per heavy atom. The third-order valence-electron chi connectivity index (χ3n) is 4.54. The van der Waals surface area contributed by atoms with E-state index in [1.807, 2.05) is 0 Å². The van der Waals surface area contributed by atoms with Gasteiger partial charge in [0, 0.05) is 19.7 Å². The van der Waals surface area contributed by atoms with Gasteiger partial charge in [0.15, 0.2) is 5.88 Å². The topological polar surface area (TPSA) is 50.9 Å². The standard InChI is InChI=1S/C15H24F3N3O/c1-20-13(15(16,17)18)8-14(19)22-10-12-5-4-11(12)9-21-6-2-3-7-21/h8,11-12H,2-7,9-10,19H2,1H3/t11-,12+/m1/s1. The van der Waals surface area contributed by atoms with Crippen molar-refractivity contribution in [3.05, 3.63) is 12.0 Å². The number of halogens is 3. The molecule has 0 spiro atoms. The Bertz CT molecular complexity index is 428. The Kier molecular flexibility index (Phi) is 5.72. The molecule has 0 aromatic heterocycles. The fourth-order valence-electron chi connectivity index (χ4n) is 3.05. The van der Waals surface area contributed by atoms with E-state index in [-0.39, 0.29) is 5.88 Å². The molecule has 1 aliphatic carbocycles. The van der Waals surface area contributed by atoms with Crippen molar-refractivity contribution >= 4 is 5.71 Å². The molecule has 0 amide bonds. The van der Waals surface area contributed by atoms with Crippen LogP contribution < -0.4 is 5.73 Å². The summed E-state index contributed by atoms with van der Waals surface area (Å²) >= 11 is 0. The van der Waals surface area contributed by atoms with Gasteiger partial charge in [-0.25, -0.2) is 0 Å². The smallest absolute Gasteiger partial charge is 0.433 e. The maximum atomic E-state index is 12.6. The van der Waals surface area contributed by atoms with Crippen molar-refractivity contribution in [3.8, 4) is 0 Å². The van der Waals surface area contributed by atoms with Crippen LogP contribution >= 0.6 is 0 Å². The van der Waals surface area contributed by atoms with Gasteiger partial charge in [-0.05, 0) is 50.6 Å². The highest BCUT2D eigenvalue weighted by molar-refractivity contribution is 5.99. The quantitative estimate of drug-likeness (QED) is 0.605. The van der Waals surface area contributed by atoms with Crippen molar-refractivity contribution in [1.82, 2.24) is 4.90 Å². The Hall–Kier alpha value is -1.24. The summed E-state index contributed by atoms with van der Waals surface area (Å²) in [5.74, 6) is 0.748. The Morgan fingerprint density at radius 1 is 1.27 bits per heavy atom. The summed E-state index contributed by atoms with van der Waals surface area (Å²) in [7, 11) is 1.09. The van der Waals surface area contributed by atoms with Crippen LogP contribution in [0.3, 0.4) is 0 Å². The number of likely N-dealkylation sites (tertiary alicyclic amines) is 1. The molecule has 2 N–H and O–H groups in total. The van der Waals surface area contributed by atoms with Gasteiger partial charge in [-0.1, -0.05) is 0 Å². The number of ether oxygens (including phenoxy) is 1. The average Bonchev–Trinajstić information content (AvgIpc) is 2.93. The zero-order valence-electron chi connectivity index (χ0n) is 12.9. The molecule has 0 aromatic carbocycles. The number of nitrogens with two attached hydrogens (primary N) is 1. The Morgan fingerprint density at radius 2 is 1.91 bits per heavy atom. The van der Waals surface area contributed by atoms with Gasteiger partial charge >= 0.3 is 6.18 Å². The first-order chi connectivity index (χ1) is 10.4. The fraction of sp³-hybridized carbons (Fsp3) is 0.800. The minimum absolute atomic E-state index is 0.218. The van der Waals surface area contributed by atoms with E-state index in [9.17, 15) is 13.2 Å². The third kappa shape index (κ3) is 4.63. The van der Waals surface area contributed by atoms with Crippen LogP contribution in [0.25, 0.3) is 0 Å². The zero-order chi connectivity index (χ0) is 16.2. The molecule has 7 heteroatoms. The van der Waals surface area contributed by atoms with Crippen LogP contribution in [-0.4, -0.2) is 50.1 Å². The molecule has 1 saturated heterocycles. The summed E-state index contributed by atoms with van der Waals surface area (Å²) in [5.41, 5.74) is 4.51. The van der Waals surface area contributed by atoms with Crippen LogP contribution in [0.4, 0.5) is 13.2 Å². The molecule has 22 heavy (non-hydrogen) atoms. The summed E-state index contributed by atoms with van der Waals surface area (Å²) in [5, 5.41) is 0. The van der Waals surface area contributed by atoms with E-state index in [2.05, 4.69) is 9.89 Å². The molecule has 0 aromatic rings. The van der Waals surface area contributed by atoms with Crippen molar-refractivity contribution in [1.29, 1.82) is 0 Å². The molecular weight excluding hydrogens is 295 g/mol. The highest BCUT2D eigenvalue weighted by Gasteiger charge is 2.35. The predicted octanol–water partition coefficient (Wildman–Crippen LogP) is 2.56. The SMILES string of the molecule is CN=C(C=C(N)OC[C@@H]1CC[C@@H]1CN1CCCC1)C(F)(F)F. The van der Waals surface area contributed by atoms with Crippen molar-refractivity contribution in [3.63, 3.8) is 0 Å². The molecule has 4 nitrogen and oxygen atoms in total. The Balaban J connectivity index is 1.77. The zero-order valence-corrected chi connectivity index (χ0v) is 12.9. The van der Waals surface area contributed by atoms with Gasteiger partial charge in [0.1, 0.15) is 5.71 Å². The Labute approximate surface area is 129 Å². The molecule has 0 bridgehead atoms. The minimum Gasteiger partial charge on any atom is -0.479 e. The highest BCUT2D eigenvalue weighted by Crippen LogP contribution is 2.36. The van der Waals surface area contributed by atoms with Crippen LogP contribution in [-0.2, 0) is 4.74 Å². The number of nitrogens with zero attached hydrogens (tertiary/aromatic N) is 2. The van der Waals surface area contributed by atoms with Gasteiger partial charge < -0.3 is 15.4 Å². The fourth-order valence-corrected chi connectivity index (χ4v) is 3.05. The average molecular weight is 319 g/mol. The molecule has 0 unspecified atom stereocenters. The predicted molar refractivity (Wildman–Crippen MR) is 79.5 cm³/mol. The number of allylic oxidation sites excluding steroid dienone is 1. The lowest BCUT2D eigenvalue weighted by molar-refractivity contribution is -0.0580. The molecule has 126 valence electrons. The van der Waals surface area contributed by atoms with Crippen LogP contribution in [0, 0.1) is 11.8 Å². The number of hydrogen-bond donors (Lipinski definition) is 1.